The SMILES string of the molecule is CC(=O)N[C@H](Cc1ccc(CP(=O)(O)O)cc1)C(=O)NC1(C(=O)N[C@@H](CC(N)=O)C(=O)NCCCc2cccc3ccccc23)CCCCC1. The Labute approximate surface area is 291 Å². The number of primary amides is 1. The van der Waals surface area contributed by atoms with Gasteiger partial charge in [0.2, 0.25) is 29.5 Å². The van der Waals surface area contributed by atoms with E-state index in [1.54, 1.807) is 24.3 Å². The van der Waals surface area contributed by atoms with Crippen LogP contribution in [0.3, 0.4) is 0 Å². The van der Waals surface area contributed by atoms with Gasteiger partial charge in [0.05, 0.1) is 12.6 Å². The Bertz CT molecular complexity index is 1730. The van der Waals surface area contributed by atoms with Crippen molar-refractivity contribution in [3.8, 4) is 0 Å². The summed E-state index contributed by atoms with van der Waals surface area (Å²) in [7, 11) is -4.26. The molecule has 5 amide bonds. The van der Waals surface area contributed by atoms with Crippen LogP contribution in [0.5, 0.6) is 0 Å². The first-order valence-electron chi connectivity index (χ1n) is 16.8. The van der Waals surface area contributed by atoms with E-state index in [9.17, 15) is 38.3 Å². The summed E-state index contributed by atoms with van der Waals surface area (Å²) < 4.78 is 11.4. The smallest absolute Gasteiger partial charge is 0.329 e. The maximum Gasteiger partial charge on any atom is 0.329 e. The second-order valence-electron chi connectivity index (χ2n) is 13.0. The van der Waals surface area contributed by atoms with Crippen LogP contribution in [0.1, 0.15) is 68.6 Å². The third kappa shape index (κ3) is 11.2. The number of carbonyl (C=O) groups is 5. The van der Waals surface area contributed by atoms with Gasteiger partial charge in [0.25, 0.3) is 0 Å². The van der Waals surface area contributed by atoms with Crippen LogP contribution in [0, 0.1) is 0 Å². The van der Waals surface area contributed by atoms with Crippen LogP contribution < -0.4 is 27.0 Å². The fraction of sp³-hybridized carbons (Fsp3) is 0.417. The number of aryl methyl sites for hydroxylation is 1. The minimum absolute atomic E-state index is 0.0464. The third-order valence-electron chi connectivity index (χ3n) is 8.88. The fourth-order valence-electron chi connectivity index (χ4n) is 6.43. The molecule has 14 heteroatoms. The van der Waals surface area contributed by atoms with Crippen molar-refractivity contribution in [3.63, 3.8) is 0 Å². The molecular weight excluding hydrogens is 661 g/mol. The van der Waals surface area contributed by atoms with Crippen LogP contribution in [0.15, 0.2) is 66.7 Å². The Morgan fingerprint density at radius 1 is 0.840 bits per heavy atom. The van der Waals surface area contributed by atoms with Gasteiger partial charge in [-0.15, -0.1) is 0 Å². The molecule has 50 heavy (non-hydrogen) atoms. The lowest BCUT2D eigenvalue weighted by Crippen LogP contribution is -2.65. The molecule has 1 saturated carbocycles. The molecule has 1 aliphatic rings. The van der Waals surface area contributed by atoms with E-state index in [1.807, 2.05) is 36.4 Å². The molecule has 0 radical (unpaired) electrons. The molecule has 1 fully saturated rings. The molecular formula is C36H46N5O8P. The number of benzene rings is 3. The highest BCUT2D eigenvalue weighted by molar-refractivity contribution is 7.50. The highest BCUT2D eigenvalue weighted by Gasteiger charge is 2.43. The molecule has 3 aromatic carbocycles. The minimum atomic E-state index is -4.26. The molecule has 0 heterocycles. The summed E-state index contributed by atoms with van der Waals surface area (Å²) in [6.45, 7) is 1.56. The molecule has 0 spiro atoms. The minimum Gasteiger partial charge on any atom is -0.370 e. The summed E-state index contributed by atoms with van der Waals surface area (Å²) in [5.74, 6) is -3.04. The fourth-order valence-corrected chi connectivity index (χ4v) is 7.11. The quantitative estimate of drug-likeness (QED) is 0.0865. The largest absolute Gasteiger partial charge is 0.370 e. The van der Waals surface area contributed by atoms with Crippen molar-refractivity contribution in [3.05, 3.63) is 83.4 Å². The predicted octanol–water partition coefficient (Wildman–Crippen LogP) is 2.49. The Hall–Kier alpha value is -4.58. The predicted molar refractivity (Wildman–Crippen MR) is 188 cm³/mol. The summed E-state index contributed by atoms with van der Waals surface area (Å²) in [4.78, 5) is 83.5. The number of carbonyl (C=O) groups excluding carboxylic acids is 5. The number of nitrogens with two attached hydrogens (primary N) is 1. The lowest BCUT2D eigenvalue weighted by Gasteiger charge is -2.38. The van der Waals surface area contributed by atoms with E-state index in [0.717, 1.165) is 22.8 Å². The number of nitrogens with one attached hydrogen (secondary N) is 4. The summed E-state index contributed by atoms with van der Waals surface area (Å²) in [5, 5.41) is 13.3. The first kappa shape index (κ1) is 38.2. The first-order valence-corrected chi connectivity index (χ1v) is 18.6. The Kier molecular flexibility index (Phi) is 13.3. The summed E-state index contributed by atoms with van der Waals surface area (Å²) in [5.41, 5.74) is 6.24. The van der Waals surface area contributed by atoms with Gasteiger partial charge >= 0.3 is 7.60 Å². The summed E-state index contributed by atoms with van der Waals surface area (Å²) in [6, 6.07) is 18.1. The molecule has 4 rings (SSSR count). The monoisotopic (exact) mass is 707 g/mol. The van der Waals surface area contributed by atoms with Gasteiger partial charge in [-0.1, -0.05) is 86.0 Å². The number of amides is 5. The average Bonchev–Trinajstić information content (AvgIpc) is 3.06. The highest BCUT2D eigenvalue weighted by Crippen LogP contribution is 2.39. The number of hydrogen-bond acceptors (Lipinski definition) is 6. The van der Waals surface area contributed by atoms with Crippen LogP contribution in [-0.4, -0.2) is 63.5 Å². The summed E-state index contributed by atoms with van der Waals surface area (Å²) in [6.07, 6.45) is 3.16. The van der Waals surface area contributed by atoms with Gasteiger partial charge in [0, 0.05) is 19.9 Å². The van der Waals surface area contributed by atoms with E-state index >= 15 is 0 Å². The second kappa shape index (κ2) is 17.4. The molecule has 2 atom stereocenters. The van der Waals surface area contributed by atoms with Crippen LogP contribution in [-0.2, 0) is 47.5 Å². The van der Waals surface area contributed by atoms with E-state index in [2.05, 4.69) is 27.3 Å². The standard InChI is InChI=1S/C36H46N5O8P/c1-24(42)39-30(21-25-14-16-26(17-15-25)23-50(47,48)49)34(45)41-36(18-5-2-6-19-36)35(46)40-31(22-32(37)43)33(44)38-20-8-12-28-11-7-10-27-9-3-4-13-29(27)28/h3-4,7,9-11,13-17,30-31H,2,5-6,8,12,18-23H2,1H3,(H2,37,43)(H,38,44)(H,39,42)(H,40,46)(H,41,45)(H2,47,48,49)/t30-,31+/m1/s1. The van der Waals surface area contributed by atoms with Gasteiger partial charge < -0.3 is 36.8 Å². The van der Waals surface area contributed by atoms with Crippen LogP contribution >= 0.6 is 7.60 Å². The van der Waals surface area contributed by atoms with Gasteiger partial charge in [-0.05, 0) is 53.1 Å². The van der Waals surface area contributed by atoms with E-state index in [4.69, 9.17) is 5.73 Å². The first-order chi connectivity index (χ1) is 23.7. The molecule has 8 N–H and O–H groups in total. The number of fused-ring (bicyclic) bond motifs is 1. The Morgan fingerprint density at radius 3 is 2.16 bits per heavy atom. The molecule has 268 valence electrons. The highest BCUT2D eigenvalue weighted by atomic mass is 31.2. The van der Waals surface area contributed by atoms with Gasteiger partial charge in [0.1, 0.15) is 17.6 Å². The Balaban J connectivity index is 1.42. The lowest BCUT2D eigenvalue weighted by atomic mass is 9.80. The zero-order valence-corrected chi connectivity index (χ0v) is 29.0. The van der Waals surface area contributed by atoms with Crippen molar-refractivity contribution in [2.45, 2.75) is 88.5 Å². The van der Waals surface area contributed by atoms with E-state index < -0.39 is 67.3 Å². The zero-order chi connectivity index (χ0) is 36.3. The van der Waals surface area contributed by atoms with E-state index in [0.29, 0.717) is 43.4 Å². The van der Waals surface area contributed by atoms with Crippen LogP contribution in [0.4, 0.5) is 0 Å². The van der Waals surface area contributed by atoms with Gasteiger partial charge in [-0.25, -0.2) is 0 Å². The molecule has 0 saturated heterocycles. The molecule has 3 aromatic rings. The topological polar surface area (TPSA) is 217 Å². The van der Waals surface area contributed by atoms with Crippen molar-refractivity contribution >= 4 is 47.9 Å². The Morgan fingerprint density at radius 2 is 1.50 bits per heavy atom. The molecule has 1 aliphatic carbocycles. The van der Waals surface area contributed by atoms with Gasteiger partial charge in [-0.3, -0.25) is 28.5 Å². The zero-order valence-electron chi connectivity index (χ0n) is 28.2. The van der Waals surface area contributed by atoms with Crippen LogP contribution in [0.2, 0.25) is 0 Å². The molecule has 13 nitrogen and oxygen atoms in total. The maximum absolute atomic E-state index is 13.9. The van der Waals surface area contributed by atoms with Gasteiger partial charge in [0.15, 0.2) is 0 Å². The average molecular weight is 708 g/mol. The maximum atomic E-state index is 13.9. The molecule has 0 bridgehead atoms. The normalized spacial score (nSPS) is 15.3. The summed E-state index contributed by atoms with van der Waals surface area (Å²) >= 11 is 0. The van der Waals surface area contributed by atoms with Crippen LogP contribution in [0.25, 0.3) is 10.8 Å². The van der Waals surface area contributed by atoms with E-state index in [-0.39, 0.29) is 19.3 Å². The van der Waals surface area contributed by atoms with Crippen molar-refractivity contribution in [2.75, 3.05) is 6.54 Å². The molecule has 0 unspecified atom stereocenters. The number of rotatable bonds is 16. The third-order valence-corrected chi connectivity index (χ3v) is 9.66. The molecule has 0 aromatic heterocycles. The number of hydrogen-bond donors (Lipinski definition) is 7. The van der Waals surface area contributed by atoms with Crippen molar-refractivity contribution < 1.29 is 38.3 Å². The second-order valence-corrected chi connectivity index (χ2v) is 14.6. The van der Waals surface area contributed by atoms with E-state index in [1.165, 1.54) is 6.92 Å². The van der Waals surface area contributed by atoms with Crippen molar-refractivity contribution in [2.24, 2.45) is 5.73 Å². The van der Waals surface area contributed by atoms with Crippen molar-refractivity contribution in [1.82, 2.24) is 21.3 Å². The van der Waals surface area contributed by atoms with Gasteiger partial charge in [-0.2, -0.15) is 0 Å². The lowest BCUT2D eigenvalue weighted by molar-refractivity contribution is -0.139. The molecule has 0 aliphatic heterocycles. The van der Waals surface area contributed by atoms with Crippen molar-refractivity contribution in [1.29, 1.82) is 0 Å².